The van der Waals surface area contributed by atoms with Crippen LogP contribution in [0.2, 0.25) is 0 Å². The van der Waals surface area contributed by atoms with Gasteiger partial charge in [0.1, 0.15) is 0 Å². The fraction of sp³-hybridized carbons (Fsp3) is 0.533. The maximum Gasteiger partial charge on any atom is 0.223 e. The van der Waals surface area contributed by atoms with E-state index in [4.69, 9.17) is 0 Å². The zero-order valence-corrected chi connectivity index (χ0v) is 11.1. The molecule has 1 unspecified atom stereocenters. The standard InChI is InChI=1S/C15H21NO/c1-9-7-11(3)14(8-10(9)2)12(4)16-15(17)13-5-6-13/h7-8,12-13H,5-6H2,1-4H3,(H,16,17). The number of amides is 1. The first-order valence-corrected chi connectivity index (χ1v) is 6.37. The molecule has 0 aliphatic heterocycles. The number of carbonyl (C=O) groups excluding carboxylic acids is 1. The molecule has 0 aromatic heterocycles. The summed E-state index contributed by atoms with van der Waals surface area (Å²) in [6, 6.07) is 4.51. The van der Waals surface area contributed by atoms with Gasteiger partial charge in [-0.1, -0.05) is 12.1 Å². The van der Waals surface area contributed by atoms with Gasteiger partial charge in [0.25, 0.3) is 0 Å². The van der Waals surface area contributed by atoms with Gasteiger partial charge in [0, 0.05) is 5.92 Å². The normalized spacial score (nSPS) is 16.7. The van der Waals surface area contributed by atoms with Crippen molar-refractivity contribution < 1.29 is 4.79 Å². The highest BCUT2D eigenvalue weighted by atomic mass is 16.2. The molecule has 0 heterocycles. The first-order chi connectivity index (χ1) is 7.99. The third-order valence-electron chi connectivity index (χ3n) is 3.66. The molecule has 1 saturated carbocycles. The van der Waals surface area contributed by atoms with E-state index < -0.39 is 0 Å². The van der Waals surface area contributed by atoms with Gasteiger partial charge < -0.3 is 5.32 Å². The molecule has 1 amide bonds. The highest BCUT2D eigenvalue weighted by Gasteiger charge is 2.30. The molecule has 1 fully saturated rings. The first kappa shape index (κ1) is 12.2. The van der Waals surface area contributed by atoms with Gasteiger partial charge in [-0.25, -0.2) is 0 Å². The van der Waals surface area contributed by atoms with E-state index in [9.17, 15) is 4.79 Å². The quantitative estimate of drug-likeness (QED) is 0.850. The lowest BCUT2D eigenvalue weighted by molar-refractivity contribution is -0.122. The summed E-state index contributed by atoms with van der Waals surface area (Å²) < 4.78 is 0. The summed E-state index contributed by atoms with van der Waals surface area (Å²) in [5.74, 6) is 0.499. The van der Waals surface area contributed by atoms with Crippen molar-refractivity contribution in [3.05, 3.63) is 34.4 Å². The first-order valence-electron chi connectivity index (χ1n) is 6.37. The molecule has 92 valence electrons. The predicted molar refractivity (Wildman–Crippen MR) is 69.9 cm³/mol. The number of carbonyl (C=O) groups is 1. The summed E-state index contributed by atoms with van der Waals surface area (Å²) in [6.45, 7) is 8.42. The fourth-order valence-electron chi connectivity index (χ4n) is 2.20. The molecule has 1 aliphatic rings. The van der Waals surface area contributed by atoms with Gasteiger partial charge in [0.2, 0.25) is 5.91 Å². The summed E-state index contributed by atoms with van der Waals surface area (Å²) in [5, 5.41) is 3.11. The van der Waals surface area contributed by atoms with Gasteiger partial charge in [-0.3, -0.25) is 4.79 Å². The SMILES string of the molecule is Cc1cc(C)c(C(C)NC(=O)C2CC2)cc1C. The number of aryl methyl sites for hydroxylation is 3. The smallest absolute Gasteiger partial charge is 0.223 e. The summed E-state index contributed by atoms with van der Waals surface area (Å²) in [5.41, 5.74) is 5.10. The van der Waals surface area contributed by atoms with Gasteiger partial charge in [0.05, 0.1) is 6.04 Å². The Hall–Kier alpha value is -1.31. The molecule has 1 aromatic carbocycles. The summed E-state index contributed by atoms with van der Waals surface area (Å²) in [4.78, 5) is 11.7. The molecule has 1 aromatic rings. The predicted octanol–water partition coefficient (Wildman–Crippen LogP) is 3.20. The van der Waals surface area contributed by atoms with Crippen molar-refractivity contribution in [1.82, 2.24) is 5.32 Å². The zero-order valence-electron chi connectivity index (χ0n) is 11.1. The lowest BCUT2D eigenvalue weighted by atomic mass is 9.96. The molecule has 17 heavy (non-hydrogen) atoms. The van der Waals surface area contributed by atoms with Crippen LogP contribution in [0.4, 0.5) is 0 Å². The number of benzene rings is 1. The Bertz CT molecular complexity index is 446. The van der Waals surface area contributed by atoms with E-state index in [0.29, 0.717) is 0 Å². The fourth-order valence-corrected chi connectivity index (χ4v) is 2.20. The van der Waals surface area contributed by atoms with Gasteiger partial charge in [-0.05, 0) is 62.8 Å². The van der Waals surface area contributed by atoms with E-state index in [0.717, 1.165) is 12.8 Å². The Kier molecular flexibility index (Phi) is 3.23. The second-order valence-corrected chi connectivity index (χ2v) is 5.30. The van der Waals surface area contributed by atoms with Crippen LogP contribution in [0.1, 0.15) is 48.1 Å². The largest absolute Gasteiger partial charge is 0.349 e. The Morgan fingerprint density at radius 2 is 1.76 bits per heavy atom. The van der Waals surface area contributed by atoms with Gasteiger partial charge >= 0.3 is 0 Å². The molecule has 2 heteroatoms. The van der Waals surface area contributed by atoms with Crippen molar-refractivity contribution in [1.29, 1.82) is 0 Å². The van der Waals surface area contributed by atoms with E-state index in [-0.39, 0.29) is 17.9 Å². The molecule has 0 radical (unpaired) electrons. The van der Waals surface area contributed by atoms with Gasteiger partial charge in [-0.15, -0.1) is 0 Å². The second kappa shape index (κ2) is 4.52. The number of rotatable bonds is 3. The molecular weight excluding hydrogens is 210 g/mol. The third-order valence-corrected chi connectivity index (χ3v) is 3.66. The Morgan fingerprint density at radius 3 is 2.35 bits per heavy atom. The Morgan fingerprint density at radius 1 is 1.18 bits per heavy atom. The van der Waals surface area contributed by atoms with Crippen LogP contribution in [0.25, 0.3) is 0 Å². The summed E-state index contributed by atoms with van der Waals surface area (Å²) >= 11 is 0. The van der Waals surface area contributed by atoms with E-state index >= 15 is 0 Å². The van der Waals surface area contributed by atoms with E-state index in [2.05, 4.69) is 45.1 Å². The molecule has 1 N–H and O–H groups in total. The molecule has 2 rings (SSSR count). The molecule has 0 spiro atoms. The van der Waals surface area contributed by atoms with Crippen LogP contribution in [0.15, 0.2) is 12.1 Å². The minimum atomic E-state index is 0.113. The zero-order chi connectivity index (χ0) is 12.6. The Labute approximate surface area is 103 Å². The average molecular weight is 231 g/mol. The number of hydrogen-bond acceptors (Lipinski definition) is 1. The van der Waals surface area contributed by atoms with Crippen LogP contribution in [0.5, 0.6) is 0 Å². The van der Waals surface area contributed by atoms with Gasteiger partial charge in [-0.2, -0.15) is 0 Å². The maximum absolute atomic E-state index is 11.7. The molecule has 0 bridgehead atoms. The number of nitrogens with one attached hydrogen (secondary N) is 1. The third kappa shape index (κ3) is 2.68. The minimum absolute atomic E-state index is 0.113. The van der Waals surface area contributed by atoms with Crippen molar-refractivity contribution in [2.24, 2.45) is 5.92 Å². The van der Waals surface area contributed by atoms with E-state index in [1.165, 1.54) is 22.3 Å². The van der Waals surface area contributed by atoms with Crippen LogP contribution in [-0.2, 0) is 4.79 Å². The topological polar surface area (TPSA) is 29.1 Å². The van der Waals surface area contributed by atoms with Crippen molar-refractivity contribution in [2.45, 2.75) is 46.6 Å². The molecule has 1 atom stereocenters. The molecule has 2 nitrogen and oxygen atoms in total. The van der Waals surface area contributed by atoms with Gasteiger partial charge in [0.15, 0.2) is 0 Å². The highest BCUT2D eigenvalue weighted by Crippen LogP contribution is 2.30. The average Bonchev–Trinajstić information content (AvgIpc) is 3.06. The lowest BCUT2D eigenvalue weighted by Gasteiger charge is -2.18. The van der Waals surface area contributed by atoms with Crippen LogP contribution in [0.3, 0.4) is 0 Å². The van der Waals surface area contributed by atoms with Crippen molar-refractivity contribution in [3.63, 3.8) is 0 Å². The van der Waals surface area contributed by atoms with Crippen molar-refractivity contribution >= 4 is 5.91 Å². The summed E-state index contributed by atoms with van der Waals surface area (Å²) in [7, 11) is 0. The van der Waals surface area contributed by atoms with Crippen LogP contribution in [0, 0.1) is 26.7 Å². The minimum Gasteiger partial charge on any atom is -0.349 e. The van der Waals surface area contributed by atoms with Crippen LogP contribution < -0.4 is 5.32 Å². The van der Waals surface area contributed by atoms with Crippen LogP contribution in [-0.4, -0.2) is 5.91 Å². The molecule has 1 aliphatic carbocycles. The monoisotopic (exact) mass is 231 g/mol. The second-order valence-electron chi connectivity index (χ2n) is 5.30. The summed E-state index contributed by atoms with van der Waals surface area (Å²) in [6.07, 6.45) is 2.12. The Balaban J connectivity index is 2.15. The highest BCUT2D eigenvalue weighted by molar-refractivity contribution is 5.81. The van der Waals surface area contributed by atoms with Crippen molar-refractivity contribution in [3.8, 4) is 0 Å². The lowest BCUT2D eigenvalue weighted by Crippen LogP contribution is -2.28. The van der Waals surface area contributed by atoms with E-state index in [1.54, 1.807) is 0 Å². The maximum atomic E-state index is 11.7. The van der Waals surface area contributed by atoms with Crippen LogP contribution >= 0.6 is 0 Å². The number of hydrogen-bond donors (Lipinski definition) is 1. The van der Waals surface area contributed by atoms with E-state index in [1.807, 2.05) is 0 Å². The van der Waals surface area contributed by atoms with Crippen molar-refractivity contribution in [2.75, 3.05) is 0 Å². The molecule has 0 saturated heterocycles. The molecular formula is C15H21NO.